The molecule has 5 heteroatoms. The Morgan fingerprint density at radius 3 is 2.71 bits per heavy atom. The highest BCUT2D eigenvalue weighted by Crippen LogP contribution is 2.26. The Hall–Kier alpha value is -0.390. The molecule has 1 atom stereocenters. The molecule has 0 aliphatic rings. The lowest BCUT2D eigenvalue weighted by atomic mass is 10.3. The van der Waals surface area contributed by atoms with Gasteiger partial charge in [-0.1, -0.05) is 15.9 Å². The molecule has 0 radical (unpaired) electrons. The van der Waals surface area contributed by atoms with Crippen LogP contribution < -0.4 is 11.1 Å². The summed E-state index contributed by atoms with van der Waals surface area (Å²) in [6, 6.07) is 5.03. The van der Waals surface area contributed by atoms with Crippen LogP contribution in [0.2, 0.25) is 0 Å². The molecule has 0 bridgehead atoms. The number of amides is 1. The van der Waals surface area contributed by atoms with Crippen molar-refractivity contribution in [1.82, 2.24) is 0 Å². The predicted molar refractivity (Wildman–Crippen MR) is 64.1 cm³/mol. The smallest absolute Gasteiger partial charge is 0.241 e. The summed E-state index contributed by atoms with van der Waals surface area (Å²) in [6.45, 7) is 1.64. The predicted octanol–water partition coefficient (Wildman–Crippen LogP) is 2.50. The van der Waals surface area contributed by atoms with E-state index in [2.05, 4.69) is 37.2 Å². The number of benzene rings is 1. The van der Waals surface area contributed by atoms with E-state index in [4.69, 9.17) is 5.73 Å². The van der Waals surface area contributed by atoms with E-state index in [1.807, 2.05) is 18.2 Å². The number of carbonyl (C=O) groups excluding carboxylic acids is 1. The van der Waals surface area contributed by atoms with Crippen LogP contribution in [0.25, 0.3) is 0 Å². The lowest BCUT2D eigenvalue weighted by Gasteiger charge is -2.09. The zero-order valence-corrected chi connectivity index (χ0v) is 10.7. The Morgan fingerprint density at radius 2 is 2.14 bits per heavy atom. The molecule has 0 fully saturated rings. The van der Waals surface area contributed by atoms with Crippen molar-refractivity contribution < 1.29 is 4.79 Å². The Bertz CT molecular complexity index is 353. The molecule has 0 aromatic heterocycles. The van der Waals surface area contributed by atoms with Gasteiger partial charge >= 0.3 is 0 Å². The molecule has 0 aliphatic carbocycles. The van der Waals surface area contributed by atoms with E-state index in [0.717, 1.165) is 8.95 Å². The van der Waals surface area contributed by atoms with Crippen molar-refractivity contribution in [2.45, 2.75) is 13.0 Å². The minimum absolute atomic E-state index is 0.205. The number of nitrogens with two attached hydrogens (primary N) is 1. The number of nitrogens with one attached hydrogen (secondary N) is 1. The minimum Gasteiger partial charge on any atom is -0.324 e. The van der Waals surface area contributed by atoms with E-state index >= 15 is 0 Å². The Morgan fingerprint density at radius 1 is 1.50 bits per heavy atom. The van der Waals surface area contributed by atoms with E-state index < -0.39 is 6.04 Å². The Kier molecular flexibility index (Phi) is 4.10. The van der Waals surface area contributed by atoms with Crippen molar-refractivity contribution in [1.29, 1.82) is 0 Å². The molecule has 1 aromatic rings. The molecule has 0 heterocycles. The van der Waals surface area contributed by atoms with Crippen LogP contribution in [0.5, 0.6) is 0 Å². The summed E-state index contributed by atoms with van der Waals surface area (Å²) in [4.78, 5) is 11.3. The quantitative estimate of drug-likeness (QED) is 0.879. The van der Waals surface area contributed by atoms with Crippen molar-refractivity contribution >= 4 is 43.5 Å². The van der Waals surface area contributed by atoms with Crippen LogP contribution in [0.4, 0.5) is 5.69 Å². The average Bonchev–Trinajstić information content (AvgIpc) is 2.11. The fraction of sp³-hybridized carbons (Fsp3) is 0.222. The highest BCUT2D eigenvalue weighted by atomic mass is 79.9. The molecule has 0 saturated heterocycles. The van der Waals surface area contributed by atoms with Gasteiger partial charge in [0.25, 0.3) is 0 Å². The van der Waals surface area contributed by atoms with Gasteiger partial charge in [0.2, 0.25) is 5.91 Å². The second kappa shape index (κ2) is 4.91. The van der Waals surface area contributed by atoms with Crippen molar-refractivity contribution in [3.63, 3.8) is 0 Å². The summed E-state index contributed by atoms with van der Waals surface area (Å²) < 4.78 is 1.73. The zero-order chi connectivity index (χ0) is 10.7. The van der Waals surface area contributed by atoms with Gasteiger partial charge in [0.15, 0.2) is 0 Å². The summed E-state index contributed by atoms with van der Waals surface area (Å²) in [5.41, 5.74) is 6.14. The van der Waals surface area contributed by atoms with Gasteiger partial charge in [0, 0.05) is 8.95 Å². The van der Waals surface area contributed by atoms with Gasteiger partial charge in [0.1, 0.15) is 0 Å². The second-order valence-electron chi connectivity index (χ2n) is 2.90. The third-order valence-electron chi connectivity index (χ3n) is 1.60. The maximum Gasteiger partial charge on any atom is 0.241 e. The van der Waals surface area contributed by atoms with Crippen molar-refractivity contribution in [3.8, 4) is 0 Å². The highest BCUT2D eigenvalue weighted by molar-refractivity contribution is 9.11. The molecule has 76 valence electrons. The number of hydrogen-bond donors (Lipinski definition) is 2. The molecule has 0 aliphatic heterocycles. The number of hydrogen-bond acceptors (Lipinski definition) is 2. The van der Waals surface area contributed by atoms with E-state index in [9.17, 15) is 4.79 Å². The van der Waals surface area contributed by atoms with E-state index in [1.54, 1.807) is 6.92 Å². The van der Waals surface area contributed by atoms with Gasteiger partial charge in [0.05, 0.1) is 11.7 Å². The number of carbonyl (C=O) groups is 1. The summed E-state index contributed by atoms with van der Waals surface area (Å²) in [5, 5.41) is 2.71. The number of anilines is 1. The first kappa shape index (κ1) is 11.7. The summed E-state index contributed by atoms with van der Waals surface area (Å²) >= 11 is 6.65. The van der Waals surface area contributed by atoms with Crippen LogP contribution in [0.3, 0.4) is 0 Å². The zero-order valence-electron chi connectivity index (χ0n) is 7.55. The molecule has 1 rings (SSSR count). The average molecular weight is 322 g/mol. The first-order chi connectivity index (χ1) is 6.50. The van der Waals surface area contributed by atoms with Crippen LogP contribution in [0, 0.1) is 0 Å². The first-order valence-electron chi connectivity index (χ1n) is 4.02. The molecule has 3 N–H and O–H groups in total. The van der Waals surface area contributed by atoms with E-state index in [1.165, 1.54) is 0 Å². The van der Waals surface area contributed by atoms with Crippen LogP contribution in [-0.2, 0) is 4.79 Å². The van der Waals surface area contributed by atoms with Crippen molar-refractivity contribution in [2.24, 2.45) is 5.73 Å². The van der Waals surface area contributed by atoms with Crippen LogP contribution in [0.15, 0.2) is 27.1 Å². The normalized spacial score (nSPS) is 12.3. The molecule has 3 nitrogen and oxygen atoms in total. The first-order valence-corrected chi connectivity index (χ1v) is 5.61. The summed E-state index contributed by atoms with van der Waals surface area (Å²) in [7, 11) is 0. The van der Waals surface area contributed by atoms with Gasteiger partial charge in [-0.25, -0.2) is 0 Å². The third kappa shape index (κ3) is 3.08. The van der Waals surface area contributed by atoms with Gasteiger partial charge < -0.3 is 11.1 Å². The summed E-state index contributed by atoms with van der Waals surface area (Å²) in [5.74, 6) is -0.205. The monoisotopic (exact) mass is 320 g/mol. The lowest BCUT2D eigenvalue weighted by molar-refractivity contribution is -0.117. The van der Waals surface area contributed by atoms with Gasteiger partial charge in [-0.15, -0.1) is 0 Å². The molecular formula is C9H10Br2N2O. The third-order valence-corrected chi connectivity index (χ3v) is 2.78. The minimum atomic E-state index is -0.513. The Balaban J connectivity index is 2.86. The maximum absolute atomic E-state index is 11.3. The topological polar surface area (TPSA) is 55.1 Å². The van der Waals surface area contributed by atoms with Crippen LogP contribution in [0.1, 0.15) is 6.92 Å². The maximum atomic E-state index is 11.3. The molecule has 0 saturated carbocycles. The van der Waals surface area contributed by atoms with E-state index in [0.29, 0.717) is 5.69 Å². The Labute approximate surface area is 99.3 Å². The van der Waals surface area contributed by atoms with Crippen molar-refractivity contribution in [3.05, 3.63) is 27.1 Å². The molecule has 1 amide bonds. The highest BCUT2D eigenvalue weighted by Gasteiger charge is 2.09. The number of halogens is 2. The largest absolute Gasteiger partial charge is 0.324 e. The molecule has 14 heavy (non-hydrogen) atoms. The molecule has 0 unspecified atom stereocenters. The van der Waals surface area contributed by atoms with Crippen LogP contribution in [-0.4, -0.2) is 11.9 Å². The standard InChI is InChI=1S/C9H10Br2N2O/c1-5(12)9(14)13-8-4-6(10)2-3-7(8)11/h2-5H,12H2,1H3,(H,13,14)/t5-/m1/s1. The van der Waals surface area contributed by atoms with Gasteiger partial charge in [-0.2, -0.15) is 0 Å². The summed E-state index contributed by atoms with van der Waals surface area (Å²) in [6.07, 6.45) is 0. The SMILES string of the molecule is C[C@@H](N)C(=O)Nc1cc(Br)ccc1Br. The van der Waals surface area contributed by atoms with Gasteiger partial charge in [-0.05, 0) is 41.1 Å². The lowest BCUT2D eigenvalue weighted by Crippen LogP contribution is -2.32. The van der Waals surface area contributed by atoms with Crippen LogP contribution >= 0.6 is 31.9 Å². The fourth-order valence-electron chi connectivity index (χ4n) is 0.840. The second-order valence-corrected chi connectivity index (χ2v) is 4.67. The molecule has 1 aromatic carbocycles. The number of rotatable bonds is 2. The fourth-order valence-corrected chi connectivity index (χ4v) is 1.55. The molecular weight excluding hydrogens is 312 g/mol. The van der Waals surface area contributed by atoms with Gasteiger partial charge in [-0.3, -0.25) is 4.79 Å². The van der Waals surface area contributed by atoms with Crippen molar-refractivity contribution in [2.75, 3.05) is 5.32 Å². The van der Waals surface area contributed by atoms with E-state index in [-0.39, 0.29) is 5.91 Å². The molecule has 0 spiro atoms.